The average molecular weight is 326 g/mol. The average Bonchev–Trinajstić information content (AvgIpc) is 2.62. The van der Waals surface area contributed by atoms with E-state index < -0.39 is 0 Å². The Morgan fingerprint density at radius 3 is 2.67 bits per heavy atom. The fourth-order valence-corrected chi connectivity index (χ4v) is 3.02. The standard InChI is InChI=1S/C19H22N2O3/c1-14(22)15-8-11-21(12-9-15)19(23)17-6-2-3-7-18(17)24-16-5-4-10-20-13-16/h2-7,10,13-15,22H,8-9,11-12H2,1H3. The number of para-hydroxylation sites is 1. The fraction of sp³-hybridized carbons (Fsp3) is 0.368. The van der Waals surface area contributed by atoms with Crippen LogP contribution >= 0.6 is 0 Å². The molecule has 2 heterocycles. The number of aliphatic hydroxyl groups excluding tert-OH is 1. The molecule has 1 unspecified atom stereocenters. The molecule has 1 fully saturated rings. The molecule has 1 aromatic heterocycles. The summed E-state index contributed by atoms with van der Waals surface area (Å²) in [6, 6.07) is 10.9. The van der Waals surface area contributed by atoms with Gasteiger partial charge in [-0.1, -0.05) is 12.1 Å². The predicted molar refractivity (Wildman–Crippen MR) is 91.1 cm³/mol. The Morgan fingerprint density at radius 2 is 2.00 bits per heavy atom. The molecule has 5 nitrogen and oxygen atoms in total. The molecule has 24 heavy (non-hydrogen) atoms. The number of hydrogen-bond acceptors (Lipinski definition) is 4. The molecule has 126 valence electrons. The van der Waals surface area contributed by atoms with Gasteiger partial charge in [-0.25, -0.2) is 0 Å². The van der Waals surface area contributed by atoms with Crippen LogP contribution in [0.1, 0.15) is 30.1 Å². The Hall–Kier alpha value is -2.40. The summed E-state index contributed by atoms with van der Waals surface area (Å²) in [7, 11) is 0. The normalized spacial score (nSPS) is 16.7. The van der Waals surface area contributed by atoms with Gasteiger partial charge < -0.3 is 14.7 Å². The first kappa shape index (κ1) is 16.5. The first-order chi connectivity index (χ1) is 11.6. The maximum atomic E-state index is 12.9. The van der Waals surface area contributed by atoms with E-state index in [0.717, 1.165) is 12.8 Å². The number of carbonyl (C=O) groups is 1. The minimum atomic E-state index is -0.316. The molecule has 1 N–H and O–H groups in total. The first-order valence-electron chi connectivity index (χ1n) is 8.29. The number of aromatic nitrogens is 1. The second-order valence-electron chi connectivity index (χ2n) is 6.16. The molecule has 1 aliphatic rings. The van der Waals surface area contributed by atoms with Gasteiger partial charge in [0.15, 0.2) is 0 Å². The van der Waals surface area contributed by atoms with Crippen LogP contribution in [0, 0.1) is 5.92 Å². The summed E-state index contributed by atoms with van der Waals surface area (Å²) < 4.78 is 5.83. The number of ether oxygens (including phenoxy) is 1. The Morgan fingerprint density at radius 1 is 1.25 bits per heavy atom. The van der Waals surface area contributed by atoms with E-state index in [1.807, 2.05) is 30.0 Å². The molecular weight excluding hydrogens is 304 g/mol. The van der Waals surface area contributed by atoms with Crippen LogP contribution in [-0.2, 0) is 0 Å². The van der Waals surface area contributed by atoms with E-state index in [-0.39, 0.29) is 17.9 Å². The van der Waals surface area contributed by atoms with Gasteiger partial charge in [-0.3, -0.25) is 9.78 Å². The molecule has 0 bridgehead atoms. The number of benzene rings is 1. The van der Waals surface area contributed by atoms with E-state index in [1.165, 1.54) is 0 Å². The third-order valence-electron chi connectivity index (χ3n) is 4.49. The van der Waals surface area contributed by atoms with E-state index in [4.69, 9.17) is 4.74 Å². The molecule has 0 aliphatic carbocycles. The summed E-state index contributed by atoms with van der Waals surface area (Å²) in [6.45, 7) is 3.14. The second-order valence-corrected chi connectivity index (χ2v) is 6.16. The van der Waals surface area contributed by atoms with Gasteiger partial charge in [-0.2, -0.15) is 0 Å². The third kappa shape index (κ3) is 3.74. The molecule has 0 spiro atoms. The number of aliphatic hydroxyl groups is 1. The van der Waals surface area contributed by atoms with E-state index in [1.54, 1.807) is 30.6 Å². The minimum absolute atomic E-state index is 0.0291. The first-order valence-corrected chi connectivity index (χ1v) is 8.29. The lowest BCUT2D eigenvalue weighted by molar-refractivity contribution is 0.0519. The van der Waals surface area contributed by atoms with Crippen molar-refractivity contribution in [3.05, 3.63) is 54.4 Å². The van der Waals surface area contributed by atoms with Crippen molar-refractivity contribution in [1.82, 2.24) is 9.88 Å². The lowest BCUT2D eigenvalue weighted by Gasteiger charge is -2.33. The Bertz CT molecular complexity index is 680. The topological polar surface area (TPSA) is 62.7 Å². The summed E-state index contributed by atoms with van der Waals surface area (Å²) in [5.41, 5.74) is 0.553. The van der Waals surface area contributed by atoms with E-state index >= 15 is 0 Å². The minimum Gasteiger partial charge on any atom is -0.455 e. The number of amides is 1. The smallest absolute Gasteiger partial charge is 0.257 e. The van der Waals surface area contributed by atoms with Crippen LogP contribution in [0.4, 0.5) is 0 Å². The molecule has 1 aromatic carbocycles. The maximum absolute atomic E-state index is 12.9. The molecular formula is C19H22N2O3. The summed E-state index contributed by atoms with van der Waals surface area (Å²) in [4.78, 5) is 18.7. The van der Waals surface area contributed by atoms with Crippen molar-refractivity contribution in [1.29, 1.82) is 0 Å². The van der Waals surface area contributed by atoms with Crippen LogP contribution in [0.5, 0.6) is 11.5 Å². The highest BCUT2D eigenvalue weighted by atomic mass is 16.5. The number of hydrogen-bond donors (Lipinski definition) is 1. The molecule has 1 saturated heterocycles. The van der Waals surface area contributed by atoms with Crippen molar-refractivity contribution >= 4 is 5.91 Å². The lowest BCUT2D eigenvalue weighted by atomic mass is 9.92. The van der Waals surface area contributed by atoms with Crippen LogP contribution < -0.4 is 4.74 Å². The van der Waals surface area contributed by atoms with Crippen molar-refractivity contribution in [3.63, 3.8) is 0 Å². The fourth-order valence-electron chi connectivity index (χ4n) is 3.02. The zero-order valence-electron chi connectivity index (χ0n) is 13.8. The summed E-state index contributed by atoms with van der Waals surface area (Å²) in [6.07, 6.45) is 4.64. The van der Waals surface area contributed by atoms with Gasteiger partial charge in [0.2, 0.25) is 0 Å². The summed E-state index contributed by atoms with van der Waals surface area (Å²) >= 11 is 0. The third-order valence-corrected chi connectivity index (χ3v) is 4.49. The Labute approximate surface area is 141 Å². The van der Waals surface area contributed by atoms with Crippen LogP contribution in [0.25, 0.3) is 0 Å². The van der Waals surface area contributed by atoms with Crippen LogP contribution in [0.3, 0.4) is 0 Å². The van der Waals surface area contributed by atoms with E-state index in [9.17, 15) is 9.90 Å². The zero-order valence-corrected chi connectivity index (χ0v) is 13.8. The molecule has 3 rings (SSSR count). The van der Waals surface area contributed by atoms with Crippen molar-refractivity contribution in [2.75, 3.05) is 13.1 Å². The Kier molecular flexibility index (Phi) is 5.11. The van der Waals surface area contributed by atoms with Gasteiger partial charge in [0.05, 0.1) is 17.9 Å². The lowest BCUT2D eigenvalue weighted by Crippen LogP contribution is -2.40. The van der Waals surface area contributed by atoms with Gasteiger partial charge >= 0.3 is 0 Å². The highest BCUT2D eigenvalue weighted by Gasteiger charge is 2.27. The number of piperidine rings is 1. The molecule has 1 amide bonds. The number of pyridine rings is 1. The van der Waals surface area contributed by atoms with E-state index in [0.29, 0.717) is 30.2 Å². The summed E-state index contributed by atoms with van der Waals surface area (Å²) in [5, 5.41) is 9.70. The number of rotatable bonds is 4. The van der Waals surface area contributed by atoms with Crippen LogP contribution in [-0.4, -0.2) is 40.1 Å². The van der Waals surface area contributed by atoms with Crippen molar-refractivity contribution in [3.8, 4) is 11.5 Å². The van der Waals surface area contributed by atoms with Gasteiger partial charge in [-0.15, -0.1) is 0 Å². The molecule has 2 aromatic rings. The molecule has 1 aliphatic heterocycles. The predicted octanol–water partition coefficient (Wildman–Crippen LogP) is 3.11. The molecule has 0 radical (unpaired) electrons. The van der Waals surface area contributed by atoms with Gasteiger partial charge in [0.25, 0.3) is 5.91 Å². The molecule has 1 atom stereocenters. The number of nitrogens with zero attached hydrogens (tertiary/aromatic N) is 2. The highest BCUT2D eigenvalue weighted by molar-refractivity contribution is 5.97. The van der Waals surface area contributed by atoms with Crippen LogP contribution in [0.2, 0.25) is 0 Å². The zero-order chi connectivity index (χ0) is 16.9. The number of likely N-dealkylation sites (tertiary alicyclic amines) is 1. The second kappa shape index (κ2) is 7.45. The quantitative estimate of drug-likeness (QED) is 0.938. The largest absolute Gasteiger partial charge is 0.455 e. The summed E-state index contributed by atoms with van der Waals surface area (Å²) in [5.74, 6) is 1.38. The van der Waals surface area contributed by atoms with Crippen molar-refractivity contribution in [2.24, 2.45) is 5.92 Å². The Balaban J connectivity index is 1.74. The van der Waals surface area contributed by atoms with Crippen molar-refractivity contribution in [2.45, 2.75) is 25.9 Å². The molecule has 5 heteroatoms. The SMILES string of the molecule is CC(O)C1CCN(C(=O)c2ccccc2Oc2cccnc2)CC1. The number of carbonyl (C=O) groups excluding carboxylic acids is 1. The monoisotopic (exact) mass is 326 g/mol. The van der Waals surface area contributed by atoms with Gasteiger partial charge in [0, 0.05) is 19.3 Å². The molecule has 0 saturated carbocycles. The highest BCUT2D eigenvalue weighted by Crippen LogP contribution is 2.28. The van der Waals surface area contributed by atoms with E-state index in [2.05, 4.69) is 4.98 Å². The van der Waals surface area contributed by atoms with Crippen LogP contribution in [0.15, 0.2) is 48.8 Å². The maximum Gasteiger partial charge on any atom is 0.257 e. The van der Waals surface area contributed by atoms with Crippen molar-refractivity contribution < 1.29 is 14.6 Å². The van der Waals surface area contributed by atoms with Gasteiger partial charge in [-0.05, 0) is 49.9 Å². The van der Waals surface area contributed by atoms with Gasteiger partial charge in [0.1, 0.15) is 11.5 Å².